The van der Waals surface area contributed by atoms with E-state index in [1.165, 1.54) is 22.6 Å². The van der Waals surface area contributed by atoms with Gasteiger partial charge in [-0.15, -0.1) is 0 Å². The van der Waals surface area contributed by atoms with Crippen LogP contribution in [0.1, 0.15) is 41.7 Å². The molecule has 0 atom stereocenters. The molecule has 0 fully saturated rings. The molecule has 8 heteroatoms. The van der Waals surface area contributed by atoms with Crippen LogP contribution in [0.25, 0.3) is 6.08 Å². The first-order valence-electron chi connectivity index (χ1n) is 11.7. The average Bonchev–Trinajstić information content (AvgIpc) is 2.83. The second kappa shape index (κ2) is 11.4. The number of hydrogen-bond donors (Lipinski definition) is 1. The van der Waals surface area contributed by atoms with Gasteiger partial charge in [0.15, 0.2) is 5.03 Å². The van der Waals surface area contributed by atoms with Gasteiger partial charge in [0.2, 0.25) is 0 Å². The monoisotopic (exact) mass is 508 g/mol. The predicted molar refractivity (Wildman–Crippen MR) is 142 cm³/mol. The largest absolute Gasteiger partial charge is 0.487 e. The number of pyridine rings is 1. The lowest BCUT2D eigenvalue weighted by molar-refractivity contribution is -0.131. The zero-order valence-corrected chi connectivity index (χ0v) is 22.0. The van der Waals surface area contributed by atoms with Gasteiger partial charge in [-0.1, -0.05) is 38.1 Å². The zero-order valence-electron chi connectivity index (χ0n) is 21.2. The maximum Gasteiger partial charge on any atom is 0.328 e. The Kier molecular flexibility index (Phi) is 8.53. The van der Waals surface area contributed by atoms with E-state index in [4.69, 9.17) is 9.84 Å². The molecule has 3 aromatic rings. The Morgan fingerprint density at radius 1 is 1.06 bits per heavy atom. The second-order valence-corrected chi connectivity index (χ2v) is 11.0. The third-order valence-electron chi connectivity index (χ3n) is 5.74. The molecule has 36 heavy (non-hydrogen) atoms. The van der Waals surface area contributed by atoms with Crippen molar-refractivity contribution in [2.45, 2.75) is 46.3 Å². The van der Waals surface area contributed by atoms with Gasteiger partial charge in [0.1, 0.15) is 12.4 Å². The van der Waals surface area contributed by atoms with Crippen LogP contribution in [0.2, 0.25) is 0 Å². The smallest absolute Gasteiger partial charge is 0.328 e. The van der Waals surface area contributed by atoms with Crippen molar-refractivity contribution < 1.29 is 23.1 Å². The number of sulfonamides is 1. The van der Waals surface area contributed by atoms with Gasteiger partial charge in [0, 0.05) is 18.8 Å². The van der Waals surface area contributed by atoms with Crippen LogP contribution >= 0.6 is 0 Å². The molecule has 1 aromatic heterocycles. The van der Waals surface area contributed by atoms with E-state index in [-0.39, 0.29) is 24.1 Å². The highest BCUT2D eigenvalue weighted by Crippen LogP contribution is 2.36. The van der Waals surface area contributed by atoms with E-state index in [9.17, 15) is 13.2 Å². The molecule has 7 nitrogen and oxygen atoms in total. The van der Waals surface area contributed by atoms with Crippen molar-refractivity contribution in [3.63, 3.8) is 0 Å². The number of aromatic nitrogens is 1. The average molecular weight is 509 g/mol. The van der Waals surface area contributed by atoms with Gasteiger partial charge >= 0.3 is 5.97 Å². The predicted octanol–water partition coefficient (Wildman–Crippen LogP) is 5.53. The van der Waals surface area contributed by atoms with Crippen molar-refractivity contribution in [1.82, 2.24) is 4.98 Å². The molecule has 0 radical (unpaired) electrons. The summed E-state index contributed by atoms with van der Waals surface area (Å²) in [6, 6.07) is 14.1. The molecule has 0 unspecified atom stereocenters. The number of rotatable bonds is 10. The minimum Gasteiger partial charge on any atom is -0.487 e. The molecule has 0 aliphatic heterocycles. The first kappa shape index (κ1) is 26.9. The number of carbonyl (C=O) groups is 1. The molecular formula is C28H32N2O5S. The molecule has 0 saturated carbocycles. The van der Waals surface area contributed by atoms with Gasteiger partial charge in [-0.05, 0) is 84.8 Å². The van der Waals surface area contributed by atoms with Gasteiger partial charge in [-0.2, -0.15) is 8.42 Å². The first-order chi connectivity index (χ1) is 17.0. The Labute approximate surface area is 213 Å². The number of nitrogens with zero attached hydrogens (tertiary/aromatic N) is 2. The van der Waals surface area contributed by atoms with E-state index >= 15 is 0 Å². The fourth-order valence-electron chi connectivity index (χ4n) is 3.66. The summed E-state index contributed by atoms with van der Waals surface area (Å²) in [4.78, 5) is 14.9. The normalized spacial score (nSPS) is 11.7. The molecule has 0 amide bonds. The van der Waals surface area contributed by atoms with Crippen molar-refractivity contribution in [2.75, 3.05) is 10.8 Å². The Hall–Kier alpha value is -3.65. The maximum atomic E-state index is 13.7. The molecule has 1 N–H and O–H groups in total. The standard InChI is InChI=1S/C28H32N2O5S/c1-19(2)17-30(36(33,34)27-8-6-7-13-29-27)25-15-20(3)21(4)16-26(25)35-18-24-11-9-23(14-22(24)5)10-12-28(31)32/h6-16,19H,17-18H2,1-5H3,(H,31,32)/b12-10+. The van der Waals surface area contributed by atoms with Crippen LogP contribution in [0, 0.1) is 26.7 Å². The van der Waals surface area contributed by atoms with Crippen LogP contribution in [-0.2, 0) is 21.4 Å². The summed E-state index contributed by atoms with van der Waals surface area (Å²) in [6.07, 6.45) is 4.10. The number of ether oxygens (including phenoxy) is 1. The lowest BCUT2D eigenvalue weighted by Gasteiger charge is -2.28. The molecule has 0 bridgehead atoms. The summed E-state index contributed by atoms with van der Waals surface area (Å²) in [6.45, 7) is 10.2. The van der Waals surface area contributed by atoms with Gasteiger partial charge in [-0.3, -0.25) is 4.31 Å². The van der Waals surface area contributed by atoms with Crippen LogP contribution in [0.4, 0.5) is 5.69 Å². The van der Waals surface area contributed by atoms with Gasteiger partial charge in [0.05, 0.1) is 5.69 Å². The molecule has 0 aliphatic carbocycles. The number of hydrogen-bond acceptors (Lipinski definition) is 5. The third kappa shape index (κ3) is 6.51. The van der Waals surface area contributed by atoms with E-state index in [0.29, 0.717) is 11.4 Å². The van der Waals surface area contributed by atoms with E-state index < -0.39 is 16.0 Å². The van der Waals surface area contributed by atoms with Gasteiger partial charge in [-0.25, -0.2) is 9.78 Å². The van der Waals surface area contributed by atoms with Crippen molar-refractivity contribution in [2.24, 2.45) is 5.92 Å². The highest BCUT2D eigenvalue weighted by atomic mass is 32.2. The van der Waals surface area contributed by atoms with Crippen molar-refractivity contribution in [1.29, 1.82) is 0 Å². The zero-order chi connectivity index (χ0) is 26.5. The first-order valence-corrected chi connectivity index (χ1v) is 13.1. The third-order valence-corrected chi connectivity index (χ3v) is 7.43. The highest BCUT2D eigenvalue weighted by Gasteiger charge is 2.29. The van der Waals surface area contributed by atoms with Crippen LogP contribution in [0.5, 0.6) is 5.75 Å². The van der Waals surface area contributed by atoms with Crippen molar-refractivity contribution >= 4 is 27.8 Å². The molecule has 0 aliphatic rings. The van der Waals surface area contributed by atoms with Crippen LogP contribution in [0.15, 0.2) is 65.8 Å². The molecule has 0 saturated heterocycles. The topological polar surface area (TPSA) is 96.8 Å². The summed E-state index contributed by atoms with van der Waals surface area (Å²) in [7, 11) is -3.92. The number of aliphatic carboxylic acids is 1. The maximum absolute atomic E-state index is 13.7. The summed E-state index contributed by atoms with van der Waals surface area (Å²) >= 11 is 0. The Morgan fingerprint density at radius 3 is 2.39 bits per heavy atom. The number of benzene rings is 2. The molecular weight excluding hydrogens is 476 g/mol. The fraction of sp³-hybridized carbons (Fsp3) is 0.286. The molecule has 190 valence electrons. The van der Waals surface area contributed by atoms with Crippen LogP contribution < -0.4 is 9.04 Å². The Morgan fingerprint density at radius 2 is 1.78 bits per heavy atom. The van der Waals surface area contributed by atoms with Crippen molar-refractivity contribution in [3.8, 4) is 5.75 Å². The Bertz CT molecular complexity index is 1370. The minimum atomic E-state index is -3.92. The Balaban J connectivity index is 2.00. The number of aryl methyl sites for hydroxylation is 3. The van der Waals surface area contributed by atoms with E-state index in [0.717, 1.165) is 33.9 Å². The summed E-state index contributed by atoms with van der Waals surface area (Å²) in [5.74, 6) is -0.479. The van der Waals surface area contributed by atoms with E-state index in [1.54, 1.807) is 12.1 Å². The minimum absolute atomic E-state index is 0.0179. The summed E-state index contributed by atoms with van der Waals surface area (Å²) in [5, 5.41) is 8.83. The quantitative estimate of drug-likeness (QED) is 0.362. The fourth-order valence-corrected chi connectivity index (χ4v) is 5.23. The van der Waals surface area contributed by atoms with Crippen LogP contribution in [-0.4, -0.2) is 31.0 Å². The molecule has 1 heterocycles. The number of carboxylic acids is 1. The number of anilines is 1. The lowest BCUT2D eigenvalue weighted by atomic mass is 10.0. The molecule has 0 spiro atoms. The SMILES string of the molecule is Cc1cc(OCc2ccc(/C=C/C(=O)O)cc2C)c(N(CC(C)C)S(=O)(=O)c2ccccn2)cc1C. The van der Waals surface area contributed by atoms with Crippen molar-refractivity contribution in [3.05, 3.63) is 88.6 Å². The summed E-state index contributed by atoms with van der Waals surface area (Å²) in [5.41, 5.74) is 5.03. The van der Waals surface area contributed by atoms with Gasteiger partial charge < -0.3 is 9.84 Å². The van der Waals surface area contributed by atoms with E-state index in [1.807, 2.05) is 65.0 Å². The number of carboxylic acid groups (broad SMARTS) is 1. The van der Waals surface area contributed by atoms with Crippen LogP contribution in [0.3, 0.4) is 0 Å². The molecule has 3 rings (SSSR count). The lowest BCUT2D eigenvalue weighted by Crippen LogP contribution is -2.35. The van der Waals surface area contributed by atoms with Gasteiger partial charge in [0.25, 0.3) is 10.0 Å². The summed E-state index contributed by atoms with van der Waals surface area (Å²) < 4.78 is 34.9. The second-order valence-electron chi connectivity index (χ2n) is 9.15. The van der Waals surface area contributed by atoms with E-state index in [2.05, 4.69) is 4.98 Å². The highest BCUT2D eigenvalue weighted by molar-refractivity contribution is 7.92. The molecule has 2 aromatic carbocycles.